The Morgan fingerprint density at radius 2 is 1.76 bits per heavy atom. The number of halogens is 4. The van der Waals surface area contributed by atoms with Gasteiger partial charge in [0.1, 0.15) is 5.82 Å². The molecule has 0 radical (unpaired) electrons. The number of hydrogen-bond acceptors (Lipinski definition) is 3. The minimum atomic E-state index is -4.88. The maximum Gasteiger partial charge on any atom is 0.418 e. The molecule has 1 amide bonds. The number of hydrogen-bond donors (Lipinski definition) is 2. The Morgan fingerprint density at radius 3 is 2.32 bits per heavy atom. The molecule has 0 heterocycles. The molecule has 0 saturated heterocycles. The Morgan fingerprint density at radius 1 is 1.08 bits per heavy atom. The van der Waals surface area contributed by atoms with E-state index in [2.05, 4.69) is 5.32 Å². The summed E-state index contributed by atoms with van der Waals surface area (Å²) < 4.78 is 78.9. The lowest BCUT2D eigenvalue weighted by molar-refractivity contribution is -0.136. The third-order valence-corrected chi connectivity index (χ3v) is 4.36. The fourth-order valence-electron chi connectivity index (χ4n) is 1.99. The molecule has 0 aliphatic carbocycles. The molecule has 0 unspecified atom stereocenters. The molecule has 0 fully saturated rings. The second kappa shape index (κ2) is 6.71. The van der Waals surface area contributed by atoms with Crippen LogP contribution in [0, 0.1) is 5.82 Å². The quantitative estimate of drug-likeness (QED) is 0.801. The van der Waals surface area contributed by atoms with E-state index in [-0.39, 0.29) is 5.69 Å². The Kier molecular flexibility index (Phi) is 5.02. The lowest BCUT2D eigenvalue weighted by Crippen LogP contribution is -2.18. The van der Waals surface area contributed by atoms with Crippen molar-refractivity contribution in [2.24, 2.45) is 0 Å². The van der Waals surface area contributed by atoms with E-state index in [0.29, 0.717) is 12.1 Å². The van der Waals surface area contributed by atoms with Crippen molar-refractivity contribution in [1.29, 1.82) is 0 Å². The molecule has 134 valence electrons. The van der Waals surface area contributed by atoms with Crippen molar-refractivity contribution in [3.8, 4) is 0 Å². The fraction of sp³-hybridized carbons (Fsp3) is 0.133. The molecule has 0 spiro atoms. The van der Waals surface area contributed by atoms with Gasteiger partial charge in [-0.1, -0.05) is 6.07 Å². The van der Waals surface area contributed by atoms with E-state index in [0.717, 1.165) is 37.3 Å². The van der Waals surface area contributed by atoms with Gasteiger partial charge in [-0.25, -0.2) is 12.8 Å². The molecule has 5 nitrogen and oxygen atoms in total. The van der Waals surface area contributed by atoms with Gasteiger partial charge in [0.05, 0.1) is 16.1 Å². The van der Waals surface area contributed by atoms with Crippen LogP contribution in [0.5, 0.6) is 0 Å². The number of carbonyl (C=O) groups excluding carboxylic acids is 1. The average molecular weight is 376 g/mol. The standard InChI is InChI=1S/C15H12F4N2O3S/c1-9(22)20-11-5-6-14(13(8-11)15(17,18)19)21-25(23,24)12-4-2-3-10(16)7-12/h2-8,21H,1H3,(H,20,22). The Balaban J connectivity index is 2.46. The molecule has 0 aliphatic rings. The summed E-state index contributed by atoms with van der Waals surface area (Å²) in [4.78, 5) is 10.4. The summed E-state index contributed by atoms with van der Waals surface area (Å²) >= 11 is 0. The van der Waals surface area contributed by atoms with Crippen molar-refractivity contribution >= 4 is 27.3 Å². The highest BCUT2D eigenvalue weighted by atomic mass is 32.2. The van der Waals surface area contributed by atoms with Crippen LogP contribution in [0.1, 0.15) is 12.5 Å². The van der Waals surface area contributed by atoms with Gasteiger partial charge < -0.3 is 5.32 Å². The zero-order valence-corrected chi connectivity index (χ0v) is 13.5. The number of rotatable bonds is 4. The van der Waals surface area contributed by atoms with Crippen LogP contribution < -0.4 is 10.0 Å². The summed E-state index contributed by atoms with van der Waals surface area (Å²) in [6.07, 6.45) is -4.88. The summed E-state index contributed by atoms with van der Waals surface area (Å²) in [5, 5.41) is 2.18. The van der Waals surface area contributed by atoms with Gasteiger partial charge in [-0.3, -0.25) is 9.52 Å². The number of amides is 1. The second-order valence-electron chi connectivity index (χ2n) is 5.00. The number of benzene rings is 2. The normalized spacial score (nSPS) is 11.9. The van der Waals surface area contributed by atoms with Crippen LogP contribution >= 0.6 is 0 Å². The molecule has 2 aromatic carbocycles. The number of anilines is 2. The van der Waals surface area contributed by atoms with Crippen LogP contribution in [0.15, 0.2) is 47.4 Å². The van der Waals surface area contributed by atoms with Gasteiger partial charge in [-0.2, -0.15) is 13.2 Å². The van der Waals surface area contributed by atoms with Gasteiger partial charge in [0.2, 0.25) is 5.91 Å². The van der Waals surface area contributed by atoms with Gasteiger partial charge in [-0.15, -0.1) is 0 Å². The van der Waals surface area contributed by atoms with Gasteiger partial charge >= 0.3 is 6.18 Å². The van der Waals surface area contributed by atoms with Gasteiger partial charge in [-0.05, 0) is 36.4 Å². The third kappa shape index (κ3) is 4.69. The Bertz CT molecular complexity index is 911. The predicted octanol–water partition coefficient (Wildman–Crippen LogP) is 3.60. The minimum absolute atomic E-state index is 0.145. The van der Waals surface area contributed by atoms with Crippen LogP contribution in [0.2, 0.25) is 0 Å². The van der Waals surface area contributed by atoms with E-state index in [1.807, 2.05) is 0 Å². The van der Waals surface area contributed by atoms with Crippen molar-refractivity contribution in [2.45, 2.75) is 18.0 Å². The van der Waals surface area contributed by atoms with Gasteiger partial charge in [0, 0.05) is 12.6 Å². The van der Waals surface area contributed by atoms with E-state index in [9.17, 15) is 30.8 Å². The third-order valence-electron chi connectivity index (χ3n) is 3.00. The topological polar surface area (TPSA) is 75.3 Å². The first-order valence-electron chi connectivity index (χ1n) is 6.76. The van der Waals surface area contributed by atoms with Crippen molar-refractivity contribution in [1.82, 2.24) is 0 Å². The van der Waals surface area contributed by atoms with Crippen molar-refractivity contribution in [2.75, 3.05) is 10.0 Å². The first kappa shape index (κ1) is 18.7. The van der Waals surface area contributed by atoms with E-state index < -0.39 is 44.1 Å². The lowest BCUT2D eigenvalue weighted by atomic mass is 10.1. The molecule has 25 heavy (non-hydrogen) atoms. The fourth-order valence-corrected chi connectivity index (χ4v) is 3.10. The van der Waals surface area contributed by atoms with Crippen LogP contribution in [0.3, 0.4) is 0 Å². The molecule has 2 N–H and O–H groups in total. The average Bonchev–Trinajstić information content (AvgIpc) is 2.47. The molecule has 0 bridgehead atoms. The molecule has 0 saturated carbocycles. The Hall–Kier alpha value is -2.62. The van der Waals surface area contributed by atoms with Gasteiger partial charge in [0.25, 0.3) is 10.0 Å². The number of carbonyl (C=O) groups is 1. The van der Waals surface area contributed by atoms with Crippen LogP contribution in [-0.4, -0.2) is 14.3 Å². The molecule has 10 heteroatoms. The zero-order chi connectivity index (χ0) is 18.8. The summed E-state index contributed by atoms with van der Waals surface area (Å²) in [6, 6.07) is 6.43. The SMILES string of the molecule is CC(=O)Nc1ccc(NS(=O)(=O)c2cccc(F)c2)c(C(F)(F)F)c1. The Labute approximate surface area is 140 Å². The van der Waals surface area contributed by atoms with E-state index in [1.54, 1.807) is 4.72 Å². The first-order chi connectivity index (χ1) is 11.5. The molecule has 2 aromatic rings. The summed E-state index contributed by atoms with van der Waals surface area (Å²) in [7, 11) is -4.43. The predicted molar refractivity (Wildman–Crippen MR) is 83.0 cm³/mol. The van der Waals surface area contributed by atoms with Crippen LogP contribution in [0.25, 0.3) is 0 Å². The molecule has 0 aliphatic heterocycles. The lowest BCUT2D eigenvalue weighted by Gasteiger charge is -2.16. The molecular weight excluding hydrogens is 364 g/mol. The maximum atomic E-state index is 13.2. The smallest absolute Gasteiger partial charge is 0.326 e. The number of nitrogens with one attached hydrogen (secondary N) is 2. The molecule has 0 atom stereocenters. The van der Waals surface area contributed by atoms with E-state index in [4.69, 9.17) is 0 Å². The monoisotopic (exact) mass is 376 g/mol. The van der Waals surface area contributed by atoms with E-state index >= 15 is 0 Å². The molecule has 2 rings (SSSR count). The minimum Gasteiger partial charge on any atom is -0.326 e. The summed E-state index contributed by atoms with van der Waals surface area (Å²) in [5.74, 6) is -1.43. The number of sulfonamides is 1. The first-order valence-corrected chi connectivity index (χ1v) is 8.24. The number of alkyl halides is 3. The maximum absolute atomic E-state index is 13.2. The largest absolute Gasteiger partial charge is 0.418 e. The zero-order valence-electron chi connectivity index (χ0n) is 12.7. The van der Waals surface area contributed by atoms with E-state index in [1.165, 1.54) is 0 Å². The van der Waals surface area contributed by atoms with Crippen molar-refractivity contribution in [3.05, 3.63) is 53.8 Å². The molecular formula is C15H12F4N2O3S. The highest BCUT2D eigenvalue weighted by molar-refractivity contribution is 7.92. The highest BCUT2D eigenvalue weighted by Gasteiger charge is 2.35. The van der Waals surface area contributed by atoms with Crippen molar-refractivity contribution < 1.29 is 30.8 Å². The second-order valence-corrected chi connectivity index (χ2v) is 6.68. The highest BCUT2D eigenvalue weighted by Crippen LogP contribution is 2.37. The van der Waals surface area contributed by atoms with Crippen LogP contribution in [-0.2, 0) is 21.0 Å². The summed E-state index contributed by atoms with van der Waals surface area (Å²) in [5.41, 5.74) is -2.18. The molecule has 0 aromatic heterocycles. The van der Waals surface area contributed by atoms with Crippen molar-refractivity contribution in [3.63, 3.8) is 0 Å². The van der Waals surface area contributed by atoms with Gasteiger partial charge in [0.15, 0.2) is 0 Å². The van der Waals surface area contributed by atoms with Crippen LogP contribution in [0.4, 0.5) is 28.9 Å². The summed E-state index contributed by atoms with van der Waals surface area (Å²) in [6.45, 7) is 1.12.